The Morgan fingerprint density at radius 1 is 1.04 bits per heavy atom. The van der Waals surface area contributed by atoms with Crippen LogP contribution in [-0.2, 0) is 0 Å². The number of hydrogen-bond acceptors (Lipinski definition) is 3. The van der Waals surface area contributed by atoms with Gasteiger partial charge in [0.2, 0.25) is 0 Å². The van der Waals surface area contributed by atoms with Crippen LogP contribution in [0.5, 0.6) is 0 Å². The van der Waals surface area contributed by atoms with Crippen molar-refractivity contribution in [1.29, 1.82) is 0 Å². The molecule has 0 bridgehead atoms. The third kappa shape index (κ3) is 5.11. The van der Waals surface area contributed by atoms with Crippen LogP contribution >= 0.6 is 28.1 Å². The van der Waals surface area contributed by atoms with Crippen molar-refractivity contribution in [3.8, 4) is 0 Å². The summed E-state index contributed by atoms with van der Waals surface area (Å²) in [6.45, 7) is 1.95. The van der Waals surface area contributed by atoms with E-state index in [-0.39, 0.29) is 16.9 Å². The van der Waals surface area contributed by atoms with Crippen LogP contribution in [0, 0.1) is 6.92 Å². The van der Waals surface area contributed by atoms with Crippen LogP contribution in [0.15, 0.2) is 46.9 Å². The average Bonchev–Trinajstić information content (AvgIpc) is 2.57. The second-order valence-electron chi connectivity index (χ2n) is 5.65. The molecule has 0 radical (unpaired) electrons. The lowest BCUT2D eigenvalue weighted by Gasteiger charge is -2.12. The maximum Gasteiger partial charge on any atom is 0.257 e. The fourth-order valence-corrected chi connectivity index (χ4v) is 2.62. The molecule has 0 saturated heterocycles. The minimum Gasteiger partial charge on any atom is -0.345 e. The van der Waals surface area contributed by atoms with Gasteiger partial charge in [0, 0.05) is 35.4 Å². The van der Waals surface area contributed by atoms with Gasteiger partial charge < -0.3 is 10.2 Å². The van der Waals surface area contributed by atoms with Crippen LogP contribution < -0.4 is 10.6 Å². The lowest BCUT2D eigenvalue weighted by atomic mass is 10.1. The van der Waals surface area contributed by atoms with E-state index in [4.69, 9.17) is 12.2 Å². The average molecular weight is 420 g/mol. The number of halogens is 1. The molecule has 2 amide bonds. The van der Waals surface area contributed by atoms with Gasteiger partial charge in [0.25, 0.3) is 11.8 Å². The van der Waals surface area contributed by atoms with Crippen LogP contribution in [0.4, 0.5) is 5.69 Å². The first-order valence-electron chi connectivity index (χ1n) is 7.48. The molecule has 0 aromatic heterocycles. The first kappa shape index (κ1) is 19.1. The van der Waals surface area contributed by atoms with E-state index < -0.39 is 0 Å². The number of carbonyl (C=O) groups is 2. The van der Waals surface area contributed by atoms with Crippen molar-refractivity contribution < 1.29 is 9.59 Å². The highest BCUT2D eigenvalue weighted by Crippen LogP contribution is 2.17. The summed E-state index contributed by atoms with van der Waals surface area (Å²) < 4.78 is 0.861. The molecule has 7 heteroatoms. The quantitative estimate of drug-likeness (QED) is 0.746. The van der Waals surface area contributed by atoms with Crippen molar-refractivity contribution in [3.63, 3.8) is 0 Å². The van der Waals surface area contributed by atoms with E-state index in [0.717, 1.165) is 10.0 Å². The first-order valence-corrected chi connectivity index (χ1v) is 8.68. The maximum absolute atomic E-state index is 12.2. The summed E-state index contributed by atoms with van der Waals surface area (Å²) in [5.41, 5.74) is 2.82. The molecule has 130 valence electrons. The summed E-state index contributed by atoms with van der Waals surface area (Å²) in [6, 6.07) is 12.2. The van der Waals surface area contributed by atoms with Gasteiger partial charge in [-0.2, -0.15) is 0 Å². The lowest BCUT2D eigenvalue weighted by molar-refractivity contribution is 0.0827. The maximum atomic E-state index is 12.2. The minimum absolute atomic E-state index is 0.0765. The highest BCUT2D eigenvalue weighted by molar-refractivity contribution is 9.10. The second kappa shape index (κ2) is 8.22. The van der Waals surface area contributed by atoms with Gasteiger partial charge in [0.1, 0.15) is 0 Å². The largest absolute Gasteiger partial charge is 0.345 e. The van der Waals surface area contributed by atoms with E-state index >= 15 is 0 Å². The molecule has 0 saturated carbocycles. The fraction of sp³-hybridized carbons (Fsp3) is 0.167. The molecule has 0 fully saturated rings. The normalized spacial score (nSPS) is 10.1. The molecule has 0 aliphatic heterocycles. The Morgan fingerprint density at radius 3 is 2.20 bits per heavy atom. The fourth-order valence-electron chi connectivity index (χ4n) is 2.03. The summed E-state index contributed by atoms with van der Waals surface area (Å²) in [5, 5.41) is 5.75. The van der Waals surface area contributed by atoms with E-state index in [1.165, 1.54) is 4.90 Å². The minimum atomic E-state index is -0.294. The Hall–Kier alpha value is -2.25. The molecule has 2 N–H and O–H groups in total. The highest BCUT2D eigenvalue weighted by atomic mass is 79.9. The Labute approximate surface area is 160 Å². The molecule has 0 atom stereocenters. The van der Waals surface area contributed by atoms with Gasteiger partial charge in [-0.05, 0) is 61.1 Å². The van der Waals surface area contributed by atoms with Gasteiger partial charge in [-0.15, -0.1) is 0 Å². The van der Waals surface area contributed by atoms with Gasteiger partial charge in [-0.3, -0.25) is 14.9 Å². The molecule has 0 heterocycles. The van der Waals surface area contributed by atoms with Gasteiger partial charge >= 0.3 is 0 Å². The third-order valence-corrected chi connectivity index (χ3v) is 4.52. The number of thiocarbonyl (C=S) groups is 1. The van der Waals surface area contributed by atoms with Crippen LogP contribution in [0.3, 0.4) is 0 Å². The number of aryl methyl sites for hydroxylation is 1. The number of nitrogens with zero attached hydrogens (tertiary/aromatic N) is 1. The summed E-state index contributed by atoms with van der Waals surface area (Å²) >= 11 is 8.57. The zero-order chi connectivity index (χ0) is 18.6. The molecule has 25 heavy (non-hydrogen) atoms. The number of nitrogens with one attached hydrogen (secondary N) is 2. The predicted octanol–water partition coefficient (Wildman–Crippen LogP) is 3.59. The molecule has 0 aliphatic carbocycles. The summed E-state index contributed by atoms with van der Waals surface area (Å²) in [5.74, 6) is -0.370. The van der Waals surface area contributed by atoms with Crippen LogP contribution in [-0.4, -0.2) is 35.9 Å². The van der Waals surface area contributed by atoms with Crippen molar-refractivity contribution >= 4 is 50.8 Å². The molecule has 0 aliphatic rings. The zero-order valence-corrected chi connectivity index (χ0v) is 16.5. The summed E-state index contributed by atoms with van der Waals surface area (Å²) in [4.78, 5) is 25.6. The number of amides is 2. The van der Waals surface area contributed by atoms with Crippen LogP contribution in [0.25, 0.3) is 0 Å². The van der Waals surface area contributed by atoms with Crippen molar-refractivity contribution in [1.82, 2.24) is 10.2 Å². The first-order chi connectivity index (χ1) is 11.8. The standard InChI is InChI=1S/C18H18BrN3O2S/c1-11-4-5-13(10-15(11)19)16(23)21-18(25)20-14-8-6-12(7-9-14)17(24)22(2)3/h4-10H,1-3H3,(H2,20,21,23,25). The number of anilines is 1. The summed E-state index contributed by atoms with van der Waals surface area (Å²) in [6.07, 6.45) is 0. The molecular formula is C18H18BrN3O2S. The molecule has 0 spiro atoms. The molecule has 2 aromatic carbocycles. The smallest absolute Gasteiger partial charge is 0.257 e. The monoisotopic (exact) mass is 419 g/mol. The second-order valence-corrected chi connectivity index (χ2v) is 6.91. The van der Waals surface area contributed by atoms with Crippen molar-refractivity contribution in [2.45, 2.75) is 6.92 Å². The summed E-state index contributed by atoms with van der Waals surface area (Å²) in [7, 11) is 3.39. The third-order valence-electron chi connectivity index (χ3n) is 3.46. The number of rotatable bonds is 3. The van der Waals surface area contributed by atoms with Crippen LogP contribution in [0.2, 0.25) is 0 Å². The molecule has 0 unspecified atom stereocenters. The van der Waals surface area contributed by atoms with Gasteiger partial charge in [0.15, 0.2) is 5.11 Å². The van der Waals surface area contributed by atoms with Crippen molar-refractivity contribution in [2.75, 3.05) is 19.4 Å². The van der Waals surface area contributed by atoms with Gasteiger partial charge in [-0.25, -0.2) is 0 Å². The number of hydrogen-bond donors (Lipinski definition) is 2. The SMILES string of the molecule is Cc1ccc(C(=O)NC(=S)Nc2ccc(C(=O)N(C)C)cc2)cc1Br. The Morgan fingerprint density at radius 2 is 1.64 bits per heavy atom. The molecule has 5 nitrogen and oxygen atoms in total. The Bertz CT molecular complexity index is 820. The predicted molar refractivity (Wildman–Crippen MR) is 107 cm³/mol. The van der Waals surface area contributed by atoms with E-state index in [1.54, 1.807) is 50.5 Å². The molecule has 2 aromatic rings. The van der Waals surface area contributed by atoms with Crippen LogP contribution in [0.1, 0.15) is 26.3 Å². The van der Waals surface area contributed by atoms with E-state index in [1.807, 2.05) is 13.0 Å². The van der Waals surface area contributed by atoms with E-state index in [9.17, 15) is 9.59 Å². The molecule has 2 rings (SSSR count). The van der Waals surface area contributed by atoms with E-state index in [2.05, 4.69) is 26.6 Å². The molecular weight excluding hydrogens is 402 g/mol. The Kier molecular flexibility index (Phi) is 6.27. The lowest BCUT2D eigenvalue weighted by Crippen LogP contribution is -2.34. The number of benzene rings is 2. The zero-order valence-electron chi connectivity index (χ0n) is 14.1. The van der Waals surface area contributed by atoms with Crippen molar-refractivity contribution in [2.24, 2.45) is 0 Å². The topological polar surface area (TPSA) is 61.4 Å². The highest BCUT2D eigenvalue weighted by Gasteiger charge is 2.10. The Balaban J connectivity index is 1.98. The van der Waals surface area contributed by atoms with Crippen molar-refractivity contribution in [3.05, 3.63) is 63.6 Å². The number of carbonyl (C=O) groups excluding carboxylic acids is 2. The van der Waals surface area contributed by atoms with Gasteiger partial charge in [0.05, 0.1) is 0 Å². The van der Waals surface area contributed by atoms with E-state index in [0.29, 0.717) is 16.8 Å². The van der Waals surface area contributed by atoms with Gasteiger partial charge in [-0.1, -0.05) is 22.0 Å².